The first kappa shape index (κ1) is 14.3. The quantitative estimate of drug-likeness (QED) is 0.801. The van der Waals surface area contributed by atoms with Gasteiger partial charge in [-0.3, -0.25) is 4.79 Å². The van der Waals surface area contributed by atoms with E-state index >= 15 is 0 Å². The van der Waals surface area contributed by atoms with Gasteiger partial charge in [-0.25, -0.2) is 0 Å². The molecule has 0 aromatic carbocycles. The molecule has 2 aliphatic rings. The minimum atomic E-state index is -0.618. The van der Waals surface area contributed by atoms with Crippen LogP contribution in [0.25, 0.3) is 0 Å². The van der Waals surface area contributed by atoms with Gasteiger partial charge in [-0.2, -0.15) is 5.26 Å². The zero-order valence-corrected chi connectivity index (χ0v) is 11.8. The van der Waals surface area contributed by atoms with Gasteiger partial charge in [0.25, 0.3) is 0 Å². The summed E-state index contributed by atoms with van der Waals surface area (Å²) in [6.07, 6.45) is 6.23. The predicted octanol–water partition coefficient (Wildman–Crippen LogP) is 2.65. The number of piperidine rings is 1. The van der Waals surface area contributed by atoms with Crippen molar-refractivity contribution in [3.63, 3.8) is 0 Å². The van der Waals surface area contributed by atoms with Crippen molar-refractivity contribution in [3.8, 4) is 6.07 Å². The highest BCUT2D eigenvalue weighted by atomic mass is 16.4. The summed E-state index contributed by atoms with van der Waals surface area (Å²) in [4.78, 5) is 13.9. The van der Waals surface area contributed by atoms with E-state index in [2.05, 4.69) is 17.9 Å². The van der Waals surface area contributed by atoms with E-state index in [0.29, 0.717) is 6.42 Å². The van der Waals surface area contributed by atoms with Crippen LogP contribution >= 0.6 is 0 Å². The fraction of sp³-hybridized carbons (Fsp3) is 0.867. The van der Waals surface area contributed by atoms with E-state index in [1.807, 2.05) is 0 Å². The Morgan fingerprint density at radius 2 is 1.95 bits per heavy atom. The normalized spacial score (nSPS) is 24.6. The van der Waals surface area contributed by atoms with Gasteiger partial charge in [-0.05, 0) is 50.6 Å². The van der Waals surface area contributed by atoms with Gasteiger partial charge in [0.2, 0.25) is 0 Å². The third-order valence-electron chi connectivity index (χ3n) is 4.97. The maximum Gasteiger partial charge on any atom is 0.309 e. The van der Waals surface area contributed by atoms with E-state index in [1.165, 1.54) is 0 Å². The lowest BCUT2D eigenvalue weighted by molar-refractivity contribution is -0.152. The fourth-order valence-corrected chi connectivity index (χ4v) is 3.40. The molecule has 0 radical (unpaired) electrons. The minimum absolute atomic E-state index is 0.239. The molecule has 2 rings (SSSR count). The molecule has 19 heavy (non-hydrogen) atoms. The van der Waals surface area contributed by atoms with Gasteiger partial charge in [-0.1, -0.05) is 13.3 Å². The fourth-order valence-electron chi connectivity index (χ4n) is 3.40. The second-order valence-corrected chi connectivity index (χ2v) is 6.45. The van der Waals surface area contributed by atoms with Crippen LogP contribution in [0.1, 0.15) is 51.9 Å². The molecule has 1 saturated heterocycles. The molecule has 2 fully saturated rings. The van der Waals surface area contributed by atoms with Gasteiger partial charge in [0.15, 0.2) is 0 Å². The van der Waals surface area contributed by atoms with E-state index < -0.39 is 11.4 Å². The van der Waals surface area contributed by atoms with Gasteiger partial charge < -0.3 is 10.0 Å². The van der Waals surface area contributed by atoms with Crippen LogP contribution in [0.2, 0.25) is 0 Å². The summed E-state index contributed by atoms with van der Waals surface area (Å²) in [6.45, 7) is 4.80. The Balaban J connectivity index is 1.88. The average molecular weight is 264 g/mol. The molecule has 4 nitrogen and oxygen atoms in total. The van der Waals surface area contributed by atoms with Crippen molar-refractivity contribution >= 4 is 5.97 Å². The lowest BCUT2D eigenvalue weighted by Gasteiger charge is -2.40. The highest BCUT2D eigenvalue weighted by molar-refractivity contribution is 5.74. The van der Waals surface area contributed by atoms with Crippen LogP contribution in [0.3, 0.4) is 0 Å². The molecule has 0 aromatic heterocycles. The predicted molar refractivity (Wildman–Crippen MR) is 72.5 cm³/mol. The first-order chi connectivity index (χ1) is 9.06. The average Bonchev–Trinajstić information content (AvgIpc) is 3.12. The van der Waals surface area contributed by atoms with E-state index in [9.17, 15) is 9.90 Å². The summed E-state index contributed by atoms with van der Waals surface area (Å²) < 4.78 is 0. The number of nitrogens with zero attached hydrogens (tertiary/aromatic N) is 2. The van der Waals surface area contributed by atoms with Crippen LogP contribution in [0, 0.1) is 22.2 Å². The number of hydrogen-bond donors (Lipinski definition) is 1. The van der Waals surface area contributed by atoms with Crippen molar-refractivity contribution in [1.29, 1.82) is 5.26 Å². The van der Waals surface area contributed by atoms with Crippen LogP contribution in [-0.2, 0) is 4.79 Å². The van der Waals surface area contributed by atoms with Crippen molar-refractivity contribution in [2.24, 2.45) is 10.8 Å². The van der Waals surface area contributed by atoms with Crippen molar-refractivity contribution in [1.82, 2.24) is 4.90 Å². The zero-order valence-electron chi connectivity index (χ0n) is 11.8. The topological polar surface area (TPSA) is 64.3 Å². The number of likely N-dealkylation sites (tertiary alicyclic amines) is 1. The molecular formula is C15H24N2O2. The molecule has 106 valence electrons. The molecule has 0 unspecified atom stereocenters. The standard InChI is InChI=1S/C15H24N2O2/c1-2-3-15(13(18)19)7-10-17(11-8-15)12-14(4-5-14)6-9-16/h2-8,10-12H2,1H3,(H,18,19). The molecule has 1 heterocycles. The van der Waals surface area contributed by atoms with Crippen LogP contribution in [0.5, 0.6) is 0 Å². The Hall–Kier alpha value is -1.08. The number of carbonyl (C=O) groups is 1. The summed E-state index contributed by atoms with van der Waals surface area (Å²) in [5.41, 5.74) is -0.250. The molecule has 1 saturated carbocycles. The lowest BCUT2D eigenvalue weighted by Crippen LogP contribution is -2.46. The van der Waals surface area contributed by atoms with E-state index in [1.54, 1.807) is 0 Å². The van der Waals surface area contributed by atoms with Gasteiger partial charge in [0, 0.05) is 13.0 Å². The Labute approximate surface area is 115 Å². The molecule has 0 bridgehead atoms. The summed E-state index contributed by atoms with van der Waals surface area (Å²) in [5, 5.41) is 18.3. The molecule has 1 N–H and O–H groups in total. The largest absolute Gasteiger partial charge is 0.481 e. The van der Waals surface area contributed by atoms with Gasteiger partial charge in [-0.15, -0.1) is 0 Å². The highest BCUT2D eigenvalue weighted by Crippen LogP contribution is 2.50. The van der Waals surface area contributed by atoms with Crippen LogP contribution < -0.4 is 0 Å². The molecule has 1 aliphatic heterocycles. The summed E-state index contributed by atoms with van der Waals surface area (Å²) in [7, 11) is 0. The smallest absolute Gasteiger partial charge is 0.309 e. The Bertz CT molecular complexity index is 374. The maximum atomic E-state index is 11.5. The summed E-state index contributed by atoms with van der Waals surface area (Å²) >= 11 is 0. The van der Waals surface area contributed by atoms with E-state index in [0.717, 1.165) is 58.2 Å². The van der Waals surface area contributed by atoms with Crippen LogP contribution in [0.4, 0.5) is 0 Å². The number of aliphatic carboxylic acids is 1. The maximum absolute atomic E-state index is 11.5. The summed E-state index contributed by atoms with van der Waals surface area (Å²) in [6, 6.07) is 2.29. The molecule has 0 aromatic rings. The summed E-state index contributed by atoms with van der Waals surface area (Å²) in [5.74, 6) is -0.618. The van der Waals surface area contributed by atoms with Crippen LogP contribution in [-0.4, -0.2) is 35.6 Å². The third-order valence-corrected chi connectivity index (χ3v) is 4.97. The molecular weight excluding hydrogens is 240 g/mol. The zero-order chi connectivity index (χ0) is 13.9. The Morgan fingerprint density at radius 1 is 1.32 bits per heavy atom. The first-order valence-electron chi connectivity index (χ1n) is 7.39. The van der Waals surface area contributed by atoms with E-state index in [-0.39, 0.29) is 5.41 Å². The number of rotatable bonds is 6. The number of hydrogen-bond acceptors (Lipinski definition) is 3. The monoisotopic (exact) mass is 264 g/mol. The van der Waals surface area contributed by atoms with Gasteiger partial charge in [0.05, 0.1) is 11.5 Å². The Morgan fingerprint density at radius 3 is 2.37 bits per heavy atom. The molecule has 0 amide bonds. The number of nitriles is 1. The minimum Gasteiger partial charge on any atom is -0.481 e. The molecule has 1 aliphatic carbocycles. The van der Waals surface area contributed by atoms with Gasteiger partial charge >= 0.3 is 5.97 Å². The van der Waals surface area contributed by atoms with Crippen LogP contribution in [0.15, 0.2) is 0 Å². The van der Waals surface area contributed by atoms with Gasteiger partial charge in [0.1, 0.15) is 0 Å². The number of carboxylic acid groups (broad SMARTS) is 1. The van der Waals surface area contributed by atoms with Crippen molar-refractivity contribution in [2.45, 2.75) is 51.9 Å². The SMILES string of the molecule is CCCC1(C(=O)O)CCN(CC2(CC#N)CC2)CC1. The van der Waals surface area contributed by atoms with Crippen molar-refractivity contribution in [3.05, 3.63) is 0 Å². The second-order valence-electron chi connectivity index (χ2n) is 6.45. The first-order valence-corrected chi connectivity index (χ1v) is 7.39. The lowest BCUT2D eigenvalue weighted by atomic mass is 9.75. The highest BCUT2D eigenvalue weighted by Gasteiger charge is 2.46. The molecule has 4 heteroatoms. The third kappa shape index (κ3) is 3.09. The van der Waals surface area contributed by atoms with Crippen molar-refractivity contribution < 1.29 is 9.90 Å². The van der Waals surface area contributed by atoms with Crippen molar-refractivity contribution in [2.75, 3.05) is 19.6 Å². The molecule has 0 atom stereocenters. The second kappa shape index (κ2) is 5.50. The van der Waals surface area contributed by atoms with E-state index in [4.69, 9.17) is 5.26 Å². The molecule has 0 spiro atoms. The Kier molecular flexibility index (Phi) is 4.15. The number of carboxylic acids is 1.